The number of aromatic nitrogens is 3. The molecule has 0 spiro atoms. The Morgan fingerprint density at radius 1 is 1.19 bits per heavy atom. The molecule has 0 saturated carbocycles. The number of benzene rings is 2. The van der Waals surface area contributed by atoms with Gasteiger partial charge in [-0.25, -0.2) is 5.43 Å². The van der Waals surface area contributed by atoms with Crippen LogP contribution in [-0.2, 0) is 11.8 Å². The maximum Gasteiger partial charge on any atom is 0.250 e. The molecular weight excluding hydrogens is 414 g/mol. The third-order valence-corrected chi connectivity index (χ3v) is 5.02. The standard InChI is InChI=1S/C18H16BrN5OS/c1-24-17(14-5-3-2-4-6-14)22-23-18(24)26-12-16(25)21-20-11-13-7-9-15(19)10-8-13/h2-11H,12H2,1H3,(H,21,25)/b20-11+. The lowest BCUT2D eigenvalue weighted by atomic mass is 10.2. The number of thioether (sulfide) groups is 1. The summed E-state index contributed by atoms with van der Waals surface area (Å²) in [4.78, 5) is 11.9. The summed E-state index contributed by atoms with van der Waals surface area (Å²) >= 11 is 4.69. The lowest BCUT2D eigenvalue weighted by Crippen LogP contribution is -2.19. The molecule has 1 heterocycles. The Balaban J connectivity index is 1.53. The molecule has 3 rings (SSSR count). The van der Waals surface area contributed by atoms with Gasteiger partial charge in [-0.15, -0.1) is 10.2 Å². The van der Waals surface area contributed by atoms with Crippen molar-refractivity contribution in [1.29, 1.82) is 0 Å². The average Bonchev–Trinajstić information content (AvgIpc) is 3.03. The Morgan fingerprint density at radius 2 is 1.92 bits per heavy atom. The number of carbonyl (C=O) groups excluding carboxylic acids is 1. The van der Waals surface area contributed by atoms with Crippen LogP contribution in [0, 0.1) is 0 Å². The number of hydrazone groups is 1. The summed E-state index contributed by atoms with van der Waals surface area (Å²) in [5.74, 6) is 0.771. The van der Waals surface area contributed by atoms with Crippen molar-refractivity contribution in [3.8, 4) is 11.4 Å². The summed E-state index contributed by atoms with van der Waals surface area (Å²) in [6.07, 6.45) is 1.60. The third-order valence-electron chi connectivity index (χ3n) is 3.47. The van der Waals surface area contributed by atoms with E-state index < -0.39 is 0 Å². The molecule has 0 aliphatic carbocycles. The highest BCUT2D eigenvalue weighted by molar-refractivity contribution is 9.10. The highest BCUT2D eigenvalue weighted by Crippen LogP contribution is 2.22. The van der Waals surface area contributed by atoms with Gasteiger partial charge in [-0.2, -0.15) is 5.10 Å². The maximum absolute atomic E-state index is 11.9. The van der Waals surface area contributed by atoms with Gasteiger partial charge in [-0.3, -0.25) is 4.79 Å². The molecule has 0 aliphatic rings. The molecule has 26 heavy (non-hydrogen) atoms. The van der Waals surface area contributed by atoms with E-state index in [2.05, 4.69) is 36.7 Å². The molecule has 8 heteroatoms. The van der Waals surface area contributed by atoms with Crippen molar-refractivity contribution in [3.05, 3.63) is 64.6 Å². The van der Waals surface area contributed by atoms with E-state index in [1.807, 2.05) is 66.2 Å². The molecule has 6 nitrogen and oxygen atoms in total. The summed E-state index contributed by atoms with van der Waals surface area (Å²) in [5.41, 5.74) is 4.40. The molecule has 2 aromatic carbocycles. The van der Waals surface area contributed by atoms with E-state index in [-0.39, 0.29) is 11.7 Å². The van der Waals surface area contributed by atoms with Gasteiger partial charge in [0.2, 0.25) is 0 Å². The Hall–Kier alpha value is -2.45. The van der Waals surface area contributed by atoms with Gasteiger partial charge >= 0.3 is 0 Å². The Morgan fingerprint density at radius 3 is 2.65 bits per heavy atom. The van der Waals surface area contributed by atoms with Crippen LogP contribution in [0.1, 0.15) is 5.56 Å². The molecule has 1 N–H and O–H groups in total. The van der Waals surface area contributed by atoms with Crippen LogP contribution in [-0.4, -0.2) is 32.6 Å². The lowest BCUT2D eigenvalue weighted by Gasteiger charge is -2.03. The van der Waals surface area contributed by atoms with Gasteiger partial charge < -0.3 is 4.57 Å². The monoisotopic (exact) mass is 429 g/mol. The molecule has 3 aromatic rings. The summed E-state index contributed by atoms with van der Waals surface area (Å²) in [6.45, 7) is 0. The van der Waals surface area contributed by atoms with Gasteiger partial charge in [0.25, 0.3) is 5.91 Å². The zero-order chi connectivity index (χ0) is 18.4. The fourth-order valence-electron chi connectivity index (χ4n) is 2.17. The molecule has 0 radical (unpaired) electrons. The number of halogens is 1. The van der Waals surface area contributed by atoms with Crippen molar-refractivity contribution in [2.45, 2.75) is 5.16 Å². The zero-order valence-corrected chi connectivity index (χ0v) is 16.4. The summed E-state index contributed by atoms with van der Waals surface area (Å²) in [7, 11) is 1.88. The highest BCUT2D eigenvalue weighted by Gasteiger charge is 2.12. The molecule has 0 atom stereocenters. The molecule has 0 bridgehead atoms. The van der Waals surface area contributed by atoms with Crippen LogP contribution in [0.3, 0.4) is 0 Å². The van der Waals surface area contributed by atoms with E-state index in [0.29, 0.717) is 5.16 Å². The Kier molecular flexibility index (Phi) is 6.19. The largest absolute Gasteiger partial charge is 0.305 e. The van der Waals surface area contributed by atoms with Crippen LogP contribution in [0.15, 0.2) is 69.3 Å². The van der Waals surface area contributed by atoms with Crippen LogP contribution >= 0.6 is 27.7 Å². The van der Waals surface area contributed by atoms with Crippen LogP contribution in [0.5, 0.6) is 0 Å². The second-order valence-electron chi connectivity index (χ2n) is 5.36. The van der Waals surface area contributed by atoms with E-state index in [0.717, 1.165) is 21.4 Å². The fourth-order valence-corrected chi connectivity index (χ4v) is 3.14. The van der Waals surface area contributed by atoms with Crippen LogP contribution in [0.25, 0.3) is 11.4 Å². The van der Waals surface area contributed by atoms with Crippen molar-refractivity contribution < 1.29 is 4.79 Å². The molecule has 0 fully saturated rings. The van der Waals surface area contributed by atoms with Gasteiger partial charge in [0.1, 0.15) is 0 Å². The fraction of sp³-hybridized carbons (Fsp3) is 0.111. The minimum atomic E-state index is -0.201. The topological polar surface area (TPSA) is 72.2 Å². The first-order valence-corrected chi connectivity index (χ1v) is 9.56. The zero-order valence-electron chi connectivity index (χ0n) is 14.0. The molecule has 132 valence electrons. The number of nitrogens with zero attached hydrogens (tertiary/aromatic N) is 4. The van der Waals surface area contributed by atoms with Crippen molar-refractivity contribution in [2.75, 3.05) is 5.75 Å². The van der Waals surface area contributed by atoms with Gasteiger partial charge in [0, 0.05) is 17.1 Å². The summed E-state index contributed by atoms with van der Waals surface area (Å²) in [6, 6.07) is 17.4. The molecule has 1 aromatic heterocycles. The maximum atomic E-state index is 11.9. The van der Waals surface area contributed by atoms with Gasteiger partial charge in [-0.1, -0.05) is 70.2 Å². The van der Waals surface area contributed by atoms with E-state index in [4.69, 9.17) is 0 Å². The molecule has 0 saturated heterocycles. The Labute approximate surface area is 163 Å². The minimum Gasteiger partial charge on any atom is -0.305 e. The first-order chi connectivity index (χ1) is 12.6. The first kappa shape index (κ1) is 18.3. The number of carbonyl (C=O) groups is 1. The van der Waals surface area contributed by atoms with Crippen molar-refractivity contribution >= 4 is 39.8 Å². The smallest absolute Gasteiger partial charge is 0.250 e. The quantitative estimate of drug-likeness (QED) is 0.369. The normalized spacial score (nSPS) is 11.0. The van der Waals surface area contributed by atoms with Crippen LogP contribution in [0.2, 0.25) is 0 Å². The summed E-state index contributed by atoms with van der Waals surface area (Å²) < 4.78 is 2.87. The highest BCUT2D eigenvalue weighted by atomic mass is 79.9. The number of hydrogen-bond donors (Lipinski definition) is 1. The predicted octanol–water partition coefficient (Wildman–Crippen LogP) is 3.49. The van der Waals surface area contributed by atoms with E-state index >= 15 is 0 Å². The lowest BCUT2D eigenvalue weighted by molar-refractivity contribution is -0.118. The summed E-state index contributed by atoms with van der Waals surface area (Å²) in [5, 5.41) is 13.0. The molecular formula is C18H16BrN5OS. The van der Waals surface area contributed by atoms with E-state index in [1.165, 1.54) is 11.8 Å². The van der Waals surface area contributed by atoms with Crippen molar-refractivity contribution in [1.82, 2.24) is 20.2 Å². The Bertz CT molecular complexity index is 909. The second kappa shape index (κ2) is 8.77. The van der Waals surface area contributed by atoms with E-state index in [1.54, 1.807) is 6.21 Å². The van der Waals surface area contributed by atoms with Gasteiger partial charge in [-0.05, 0) is 17.7 Å². The third kappa shape index (κ3) is 4.80. The second-order valence-corrected chi connectivity index (χ2v) is 7.22. The van der Waals surface area contributed by atoms with Gasteiger partial charge in [0.05, 0.1) is 12.0 Å². The van der Waals surface area contributed by atoms with Crippen molar-refractivity contribution in [3.63, 3.8) is 0 Å². The van der Waals surface area contributed by atoms with Crippen LogP contribution in [0.4, 0.5) is 0 Å². The SMILES string of the molecule is Cn1c(SCC(=O)N/N=C/c2ccc(Br)cc2)nnc1-c1ccccc1. The molecule has 0 unspecified atom stereocenters. The van der Waals surface area contributed by atoms with E-state index in [9.17, 15) is 4.79 Å². The minimum absolute atomic E-state index is 0.201. The number of hydrogen-bond acceptors (Lipinski definition) is 5. The number of amides is 1. The molecule has 0 aliphatic heterocycles. The van der Waals surface area contributed by atoms with Crippen LogP contribution < -0.4 is 5.43 Å². The number of rotatable bonds is 6. The average molecular weight is 430 g/mol. The molecule has 1 amide bonds. The predicted molar refractivity (Wildman–Crippen MR) is 107 cm³/mol. The van der Waals surface area contributed by atoms with Crippen molar-refractivity contribution in [2.24, 2.45) is 12.1 Å². The first-order valence-electron chi connectivity index (χ1n) is 7.78. The number of nitrogens with one attached hydrogen (secondary N) is 1. The van der Waals surface area contributed by atoms with Gasteiger partial charge in [0.15, 0.2) is 11.0 Å².